The average molecular weight is 264 g/mol. The maximum Gasteiger partial charge on any atom is 0.311 e. The summed E-state index contributed by atoms with van der Waals surface area (Å²) >= 11 is 0. The van der Waals surface area contributed by atoms with Crippen LogP contribution in [0.5, 0.6) is 11.5 Å². The van der Waals surface area contributed by atoms with Crippen molar-refractivity contribution in [2.75, 3.05) is 20.3 Å². The average Bonchev–Trinajstić information content (AvgIpc) is 2.61. The van der Waals surface area contributed by atoms with Crippen molar-refractivity contribution in [2.24, 2.45) is 5.41 Å². The van der Waals surface area contributed by atoms with E-state index < -0.39 is 5.41 Å². The minimum Gasteiger partial charge on any atom is -0.490 e. The SMILES string of the molecule is COC(=O)C(C)(C)Cc1ccc2c(c1)OCCCO2. The number of carbonyl (C=O) groups is 1. The minimum absolute atomic E-state index is 0.209. The van der Waals surface area contributed by atoms with E-state index in [1.165, 1.54) is 7.11 Å². The summed E-state index contributed by atoms with van der Waals surface area (Å²) in [6, 6.07) is 5.83. The molecule has 0 fully saturated rings. The molecule has 0 radical (unpaired) electrons. The van der Waals surface area contributed by atoms with E-state index in [2.05, 4.69) is 0 Å². The predicted molar refractivity (Wildman–Crippen MR) is 71.6 cm³/mol. The summed E-state index contributed by atoms with van der Waals surface area (Å²) in [6.45, 7) is 5.10. The molecule has 0 N–H and O–H groups in total. The third-order valence-corrected chi connectivity index (χ3v) is 3.20. The maximum atomic E-state index is 11.7. The number of esters is 1. The molecule has 1 aliphatic heterocycles. The molecule has 0 aliphatic carbocycles. The number of ether oxygens (including phenoxy) is 3. The second-order valence-electron chi connectivity index (χ2n) is 5.38. The number of hydrogen-bond acceptors (Lipinski definition) is 4. The van der Waals surface area contributed by atoms with Gasteiger partial charge >= 0.3 is 5.97 Å². The zero-order valence-corrected chi connectivity index (χ0v) is 11.7. The Morgan fingerprint density at radius 1 is 1.26 bits per heavy atom. The topological polar surface area (TPSA) is 44.8 Å². The van der Waals surface area contributed by atoms with Crippen LogP contribution in [0.1, 0.15) is 25.8 Å². The monoisotopic (exact) mass is 264 g/mol. The molecule has 0 amide bonds. The second-order valence-corrected chi connectivity index (χ2v) is 5.38. The fourth-order valence-corrected chi connectivity index (χ4v) is 2.18. The molecule has 0 aromatic heterocycles. The van der Waals surface area contributed by atoms with Gasteiger partial charge in [0.05, 0.1) is 25.7 Å². The third kappa shape index (κ3) is 3.19. The zero-order chi connectivity index (χ0) is 13.9. The molecule has 2 rings (SSSR count). The van der Waals surface area contributed by atoms with Gasteiger partial charge in [-0.05, 0) is 38.0 Å². The lowest BCUT2D eigenvalue weighted by Gasteiger charge is -2.21. The fraction of sp³-hybridized carbons (Fsp3) is 0.533. The molecule has 1 aliphatic rings. The smallest absolute Gasteiger partial charge is 0.311 e. The van der Waals surface area contributed by atoms with Gasteiger partial charge in [-0.25, -0.2) is 0 Å². The van der Waals surface area contributed by atoms with E-state index in [1.807, 2.05) is 32.0 Å². The summed E-state index contributed by atoms with van der Waals surface area (Å²) in [6.07, 6.45) is 1.49. The van der Waals surface area contributed by atoms with Crippen LogP contribution in [-0.4, -0.2) is 26.3 Å². The second kappa shape index (κ2) is 5.51. The Kier molecular flexibility index (Phi) is 3.98. The highest BCUT2D eigenvalue weighted by Gasteiger charge is 2.29. The third-order valence-electron chi connectivity index (χ3n) is 3.20. The van der Waals surface area contributed by atoms with Crippen LogP contribution in [0.25, 0.3) is 0 Å². The first kappa shape index (κ1) is 13.7. The van der Waals surface area contributed by atoms with Crippen LogP contribution >= 0.6 is 0 Å². The molecule has 4 heteroatoms. The van der Waals surface area contributed by atoms with E-state index in [9.17, 15) is 4.79 Å². The van der Waals surface area contributed by atoms with Gasteiger partial charge in [0, 0.05) is 6.42 Å². The van der Waals surface area contributed by atoms with Crippen LogP contribution in [0.3, 0.4) is 0 Å². The molecule has 0 saturated heterocycles. The lowest BCUT2D eigenvalue weighted by Crippen LogP contribution is -2.27. The predicted octanol–water partition coefficient (Wildman–Crippen LogP) is 2.59. The highest BCUT2D eigenvalue weighted by molar-refractivity contribution is 5.76. The van der Waals surface area contributed by atoms with Crippen molar-refractivity contribution in [3.63, 3.8) is 0 Å². The van der Waals surface area contributed by atoms with E-state index in [4.69, 9.17) is 14.2 Å². The van der Waals surface area contributed by atoms with Crippen LogP contribution in [0.4, 0.5) is 0 Å². The van der Waals surface area contributed by atoms with Crippen molar-refractivity contribution < 1.29 is 19.0 Å². The van der Waals surface area contributed by atoms with E-state index in [0.29, 0.717) is 19.6 Å². The lowest BCUT2D eigenvalue weighted by molar-refractivity contribution is -0.150. The Hall–Kier alpha value is -1.71. The Morgan fingerprint density at radius 2 is 1.95 bits per heavy atom. The van der Waals surface area contributed by atoms with Crippen LogP contribution in [0.15, 0.2) is 18.2 Å². The van der Waals surface area contributed by atoms with Crippen molar-refractivity contribution in [1.82, 2.24) is 0 Å². The van der Waals surface area contributed by atoms with E-state index in [0.717, 1.165) is 23.5 Å². The highest BCUT2D eigenvalue weighted by atomic mass is 16.5. The van der Waals surface area contributed by atoms with Crippen LogP contribution in [0.2, 0.25) is 0 Å². The minimum atomic E-state index is -0.547. The number of benzene rings is 1. The number of carbonyl (C=O) groups excluding carboxylic acids is 1. The van der Waals surface area contributed by atoms with E-state index in [1.54, 1.807) is 0 Å². The Balaban J connectivity index is 2.18. The highest BCUT2D eigenvalue weighted by Crippen LogP contribution is 2.33. The van der Waals surface area contributed by atoms with Crippen LogP contribution in [0, 0.1) is 5.41 Å². The van der Waals surface area contributed by atoms with Gasteiger partial charge in [-0.15, -0.1) is 0 Å². The zero-order valence-electron chi connectivity index (χ0n) is 11.7. The normalized spacial score (nSPS) is 14.7. The molecule has 1 aromatic carbocycles. The van der Waals surface area contributed by atoms with Gasteiger partial charge in [-0.2, -0.15) is 0 Å². The molecular formula is C15H20O4. The van der Waals surface area contributed by atoms with Crippen molar-refractivity contribution >= 4 is 5.97 Å². The van der Waals surface area contributed by atoms with Gasteiger partial charge in [0.2, 0.25) is 0 Å². The first-order valence-corrected chi connectivity index (χ1v) is 6.50. The van der Waals surface area contributed by atoms with Gasteiger partial charge in [0.15, 0.2) is 11.5 Å². The summed E-state index contributed by atoms with van der Waals surface area (Å²) < 4.78 is 16.1. The molecule has 0 atom stereocenters. The van der Waals surface area contributed by atoms with Gasteiger partial charge in [-0.3, -0.25) is 4.79 Å². The summed E-state index contributed by atoms with van der Waals surface area (Å²) in [4.78, 5) is 11.7. The van der Waals surface area contributed by atoms with Gasteiger partial charge in [0.1, 0.15) is 0 Å². The molecule has 0 unspecified atom stereocenters. The molecule has 1 aromatic rings. The largest absolute Gasteiger partial charge is 0.490 e. The van der Waals surface area contributed by atoms with Gasteiger partial charge in [-0.1, -0.05) is 6.07 Å². The fourth-order valence-electron chi connectivity index (χ4n) is 2.18. The molecular weight excluding hydrogens is 244 g/mol. The standard InChI is InChI=1S/C15H20O4/c1-15(2,14(16)17-3)10-11-5-6-12-13(9-11)19-8-4-7-18-12/h5-6,9H,4,7-8,10H2,1-3H3. The number of methoxy groups -OCH3 is 1. The van der Waals surface area contributed by atoms with Crippen LogP contribution < -0.4 is 9.47 Å². The number of fused-ring (bicyclic) bond motifs is 1. The summed E-state index contributed by atoms with van der Waals surface area (Å²) in [5, 5.41) is 0. The summed E-state index contributed by atoms with van der Waals surface area (Å²) in [5.74, 6) is 1.33. The molecule has 104 valence electrons. The van der Waals surface area contributed by atoms with E-state index >= 15 is 0 Å². The summed E-state index contributed by atoms with van der Waals surface area (Å²) in [7, 11) is 1.41. The first-order chi connectivity index (χ1) is 9.03. The lowest BCUT2D eigenvalue weighted by atomic mass is 9.86. The molecule has 19 heavy (non-hydrogen) atoms. The Bertz CT molecular complexity index is 465. The number of hydrogen-bond donors (Lipinski definition) is 0. The Morgan fingerprint density at radius 3 is 2.63 bits per heavy atom. The molecule has 1 heterocycles. The van der Waals surface area contributed by atoms with Gasteiger partial charge < -0.3 is 14.2 Å². The summed E-state index contributed by atoms with van der Waals surface area (Å²) in [5.41, 5.74) is 0.494. The quantitative estimate of drug-likeness (QED) is 0.787. The van der Waals surface area contributed by atoms with Crippen molar-refractivity contribution in [2.45, 2.75) is 26.7 Å². The van der Waals surface area contributed by atoms with Crippen molar-refractivity contribution in [3.05, 3.63) is 23.8 Å². The number of rotatable bonds is 3. The molecule has 0 bridgehead atoms. The molecule has 4 nitrogen and oxygen atoms in total. The maximum absolute atomic E-state index is 11.7. The first-order valence-electron chi connectivity index (χ1n) is 6.50. The van der Waals surface area contributed by atoms with E-state index in [-0.39, 0.29) is 5.97 Å². The molecule has 0 spiro atoms. The van der Waals surface area contributed by atoms with Crippen molar-refractivity contribution in [1.29, 1.82) is 0 Å². The van der Waals surface area contributed by atoms with Gasteiger partial charge in [0.25, 0.3) is 0 Å². The molecule has 0 saturated carbocycles. The van der Waals surface area contributed by atoms with Crippen molar-refractivity contribution in [3.8, 4) is 11.5 Å². The van der Waals surface area contributed by atoms with Crippen LogP contribution in [-0.2, 0) is 16.0 Å². The Labute approximate surface area is 113 Å².